The van der Waals surface area contributed by atoms with E-state index in [4.69, 9.17) is 22.1 Å². The number of hydrogen-bond donors (Lipinski definition) is 2. The molecule has 1 fully saturated rings. The van der Waals surface area contributed by atoms with E-state index in [1.54, 1.807) is 30.5 Å². The lowest BCUT2D eigenvalue weighted by atomic mass is 10.2. The first-order chi connectivity index (χ1) is 8.75. The van der Waals surface area contributed by atoms with Crippen LogP contribution in [-0.4, -0.2) is 47.6 Å². The van der Waals surface area contributed by atoms with Crippen LogP contribution in [0.5, 0.6) is 5.75 Å². The third-order valence-electron chi connectivity index (χ3n) is 2.57. The second-order valence-corrected chi connectivity index (χ2v) is 4.25. The van der Waals surface area contributed by atoms with Gasteiger partial charge < -0.3 is 14.7 Å². The number of hydrazone groups is 1. The van der Waals surface area contributed by atoms with Gasteiger partial charge in [0, 0.05) is 13.1 Å². The van der Waals surface area contributed by atoms with Gasteiger partial charge in [0.25, 0.3) is 0 Å². The minimum Gasteiger partial charge on any atom is -0.508 e. The van der Waals surface area contributed by atoms with Gasteiger partial charge in [-0.1, -0.05) is 0 Å². The third-order valence-corrected chi connectivity index (χ3v) is 2.91. The summed E-state index contributed by atoms with van der Waals surface area (Å²) in [7, 11) is 0. The van der Waals surface area contributed by atoms with Crippen molar-refractivity contribution in [2.24, 2.45) is 5.10 Å². The zero-order chi connectivity index (χ0) is 12.8. The monoisotopic (exact) mass is 265 g/mol. The van der Waals surface area contributed by atoms with Crippen LogP contribution in [0, 0.1) is 0 Å². The van der Waals surface area contributed by atoms with Crippen molar-refractivity contribution in [3.8, 4) is 5.75 Å². The number of hydrogen-bond acceptors (Lipinski definition) is 4. The molecule has 0 aromatic heterocycles. The van der Waals surface area contributed by atoms with Crippen LogP contribution < -0.4 is 5.43 Å². The van der Waals surface area contributed by atoms with E-state index in [0.29, 0.717) is 18.3 Å². The molecule has 0 saturated carbocycles. The Hall–Kier alpha value is -1.66. The molecule has 18 heavy (non-hydrogen) atoms. The van der Waals surface area contributed by atoms with Crippen LogP contribution in [0.1, 0.15) is 5.56 Å². The van der Waals surface area contributed by atoms with E-state index < -0.39 is 0 Å². The number of nitrogens with one attached hydrogen (secondary N) is 1. The van der Waals surface area contributed by atoms with Gasteiger partial charge in [-0.05, 0) is 42.0 Å². The van der Waals surface area contributed by atoms with Crippen LogP contribution in [0.4, 0.5) is 0 Å². The van der Waals surface area contributed by atoms with E-state index in [1.165, 1.54) is 0 Å². The van der Waals surface area contributed by atoms with Gasteiger partial charge in [0.2, 0.25) is 0 Å². The van der Waals surface area contributed by atoms with Gasteiger partial charge in [-0.25, -0.2) is 0 Å². The van der Waals surface area contributed by atoms with Crippen molar-refractivity contribution >= 4 is 23.5 Å². The normalized spacial score (nSPS) is 15.9. The van der Waals surface area contributed by atoms with E-state index in [1.807, 2.05) is 4.90 Å². The number of nitrogens with zero attached hydrogens (tertiary/aromatic N) is 2. The highest BCUT2D eigenvalue weighted by atomic mass is 32.1. The molecular formula is C12H15N3O2S. The van der Waals surface area contributed by atoms with Crippen LogP contribution in [0.3, 0.4) is 0 Å². The molecule has 1 aliphatic heterocycles. The number of rotatable bonds is 2. The predicted octanol–water partition coefficient (Wildman–Crippen LogP) is 0.933. The number of phenolic OH excluding ortho intramolecular Hbond substituents is 1. The van der Waals surface area contributed by atoms with Crippen molar-refractivity contribution in [1.82, 2.24) is 10.3 Å². The first-order valence-corrected chi connectivity index (χ1v) is 6.11. The van der Waals surface area contributed by atoms with Crippen molar-refractivity contribution in [3.05, 3.63) is 29.8 Å². The zero-order valence-corrected chi connectivity index (χ0v) is 10.7. The highest BCUT2D eigenvalue weighted by Crippen LogP contribution is 2.07. The molecule has 1 aromatic rings. The summed E-state index contributed by atoms with van der Waals surface area (Å²) in [5.74, 6) is 0.240. The molecule has 0 atom stereocenters. The Morgan fingerprint density at radius 2 is 2.00 bits per heavy atom. The molecule has 1 aliphatic rings. The molecule has 5 nitrogen and oxygen atoms in total. The molecule has 0 radical (unpaired) electrons. The quantitative estimate of drug-likeness (QED) is 0.473. The SMILES string of the molecule is Oc1ccc(/C=N\NC(=S)N2CCOCC2)cc1. The fraction of sp³-hybridized carbons (Fsp3) is 0.333. The van der Waals surface area contributed by atoms with Crippen molar-refractivity contribution in [2.75, 3.05) is 26.3 Å². The minimum absolute atomic E-state index is 0.240. The van der Waals surface area contributed by atoms with E-state index >= 15 is 0 Å². The summed E-state index contributed by atoms with van der Waals surface area (Å²) in [5, 5.41) is 13.8. The van der Waals surface area contributed by atoms with Crippen LogP contribution in [0.15, 0.2) is 29.4 Å². The summed E-state index contributed by atoms with van der Waals surface area (Å²) in [6.45, 7) is 2.98. The smallest absolute Gasteiger partial charge is 0.189 e. The van der Waals surface area contributed by atoms with E-state index in [9.17, 15) is 0 Å². The Bertz CT molecular complexity index is 427. The molecule has 0 aliphatic carbocycles. The molecule has 2 N–H and O–H groups in total. The third kappa shape index (κ3) is 3.68. The molecule has 0 unspecified atom stereocenters. The van der Waals surface area contributed by atoms with E-state index in [2.05, 4.69) is 10.5 Å². The number of benzene rings is 1. The van der Waals surface area contributed by atoms with Gasteiger partial charge >= 0.3 is 0 Å². The lowest BCUT2D eigenvalue weighted by Gasteiger charge is -2.28. The van der Waals surface area contributed by atoms with Crippen molar-refractivity contribution in [3.63, 3.8) is 0 Å². The highest BCUT2D eigenvalue weighted by molar-refractivity contribution is 7.80. The molecule has 0 spiro atoms. The van der Waals surface area contributed by atoms with Gasteiger partial charge in [-0.15, -0.1) is 0 Å². The minimum atomic E-state index is 0.240. The lowest BCUT2D eigenvalue weighted by Crippen LogP contribution is -2.44. The fourth-order valence-electron chi connectivity index (χ4n) is 1.56. The molecule has 0 bridgehead atoms. The van der Waals surface area contributed by atoms with Gasteiger partial charge in [0.05, 0.1) is 19.4 Å². The van der Waals surface area contributed by atoms with Crippen molar-refractivity contribution < 1.29 is 9.84 Å². The Labute approximate surface area is 111 Å². The number of ether oxygens (including phenoxy) is 1. The zero-order valence-electron chi connectivity index (χ0n) is 9.87. The molecule has 1 aromatic carbocycles. The number of thiocarbonyl (C=S) groups is 1. The Morgan fingerprint density at radius 1 is 1.33 bits per heavy atom. The Balaban J connectivity index is 1.83. The maximum Gasteiger partial charge on any atom is 0.189 e. The number of aromatic hydroxyl groups is 1. The second kappa shape index (κ2) is 6.32. The molecule has 96 valence electrons. The topological polar surface area (TPSA) is 57.1 Å². The number of morpholine rings is 1. The molecular weight excluding hydrogens is 250 g/mol. The summed E-state index contributed by atoms with van der Waals surface area (Å²) in [4.78, 5) is 2.02. The summed E-state index contributed by atoms with van der Waals surface area (Å²) >= 11 is 5.22. The molecule has 0 amide bonds. The van der Waals surface area contributed by atoms with Crippen molar-refractivity contribution in [2.45, 2.75) is 0 Å². The average Bonchev–Trinajstić information content (AvgIpc) is 2.42. The van der Waals surface area contributed by atoms with E-state index in [0.717, 1.165) is 18.7 Å². The van der Waals surface area contributed by atoms with Crippen LogP contribution >= 0.6 is 12.2 Å². The van der Waals surface area contributed by atoms with Crippen LogP contribution in [-0.2, 0) is 4.74 Å². The summed E-state index contributed by atoms with van der Waals surface area (Å²) < 4.78 is 5.24. The van der Waals surface area contributed by atoms with E-state index in [-0.39, 0.29) is 5.75 Å². The lowest BCUT2D eigenvalue weighted by molar-refractivity contribution is 0.0677. The summed E-state index contributed by atoms with van der Waals surface area (Å²) in [5.41, 5.74) is 3.72. The molecule has 1 heterocycles. The number of phenols is 1. The standard InChI is InChI=1S/C12H15N3O2S/c16-11-3-1-10(2-4-11)9-13-14-12(18)15-5-7-17-8-6-15/h1-4,9,16H,5-8H2,(H,14,18)/b13-9-. The Kier molecular flexibility index (Phi) is 4.49. The Morgan fingerprint density at radius 3 is 2.67 bits per heavy atom. The molecule has 1 saturated heterocycles. The van der Waals surface area contributed by atoms with Crippen LogP contribution in [0.25, 0.3) is 0 Å². The molecule has 2 rings (SSSR count). The van der Waals surface area contributed by atoms with Gasteiger partial charge in [-0.2, -0.15) is 5.10 Å². The molecule has 6 heteroatoms. The summed E-state index contributed by atoms with van der Waals surface area (Å²) in [6, 6.07) is 6.78. The van der Waals surface area contributed by atoms with Gasteiger partial charge in [0.15, 0.2) is 5.11 Å². The first kappa shape index (κ1) is 12.8. The maximum atomic E-state index is 9.14. The largest absolute Gasteiger partial charge is 0.508 e. The fourth-order valence-corrected chi connectivity index (χ4v) is 1.79. The van der Waals surface area contributed by atoms with Crippen LogP contribution in [0.2, 0.25) is 0 Å². The van der Waals surface area contributed by atoms with Crippen molar-refractivity contribution in [1.29, 1.82) is 0 Å². The summed E-state index contributed by atoms with van der Waals surface area (Å²) in [6.07, 6.45) is 1.66. The predicted molar refractivity (Wildman–Crippen MR) is 73.8 cm³/mol. The maximum absolute atomic E-state index is 9.14. The highest BCUT2D eigenvalue weighted by Gasteiger charge is 2.12. The average molecular weight is 265 g/mol. The second-order valence-electron chi connectivity index (χ2n) is 3.87. The first-order valence-electron chi connectivity index (χ1n) is 5.70. The van der Waals surface area contributed by atoms with Gasteiger partial charge in [0.1, 0.15) is 5.75 Å². The van der Waals surface area contributed by atoms with Gasteiger partial charge in [-0.3, -0.25) is 5.43 Å².